The standard InChI is InChI=1S/C21H24F2N2O2/c1-16-4-2-3-5-18(16)14-20(26)25-12-10-24(11-13-25)15-17-6-8-19(9-7-17)27-21(22)23/h2-9,21H,10-15H2,1H3. The van der Waals surface area contributed by atoms with E-state index in [4.69, 9.17) is 0 Å². The van der Waals surface area contributed by atoms with Gasteiger partial charge in [0, 0.05) is 32.7 Å². The van der Waals surface area contributed by atoms with Gasteiger partial charge in [-0.25, -0.2) is 0 Å². The van der Waals surface area contributed by atoms with Crippen LogP contribution in [0.4, 0.5) is 8.78 Å². The molecule has 0 radical (unpaired) electrons. The van der Waals surface area contributed by atoms with Gasteiger partial charge < -0.3 is 9.64 Å². The summed E-state index contributed by atoms with van der Waals surface area (Å²) in [6.45, 7) is 2.96. The minimum atomic E-state index is -2.80. The monoisotopic (exact) mass is 374 g/mol. The molecule has 0 atom stereocenters. The van der Waals surface area contributed by atoms with Gasteiger partial charge in [-0.3, -0.25) is 9.69 Å². The number of rotatable bonds is 6. The van der Waals surface area contributed by atoms with Crippen LogP contribution in [0.1, 0.15) is 16.7 Å². The lowest BCUT2D eigenvalue weighted by Gasteiger charge is -2.35. The zero-order valence-electron chi connectivity index (χ0n) is 15.4. The summed E-state index contributed by atoms with van der Waals surface area (Å²) in [7, 11) is 0. The molecule has 2 aromatic rings. The molecule has 6 heteroatoms. The number of alkyl halides is 2. The Morgan fingerprint density at radius 2 is 1.70 bits per heavy atom. The fourth-order valence-electron chi connectivity index (χ4n) is 3.27. The lowest BCUT2D eigenvalue weighted by atomic mass is 10.1. The Hall–Kier alpha value is -2.47. The van der Waals surface area contributed by atoms with Crippen molar-refractivity contribution in [3.63, 3.8) is 0 Å². The molecule has 1 aliphatic heterocycles. The lowest BCUT2D eigenvalue weighted by molar-refractivity contribution is -0.132. The van der Waals surface area contributed by atoms with Gasteiger partial charge >= 0.3 is 6.61 Å². The quantitative estimate of drug-likeness (QED) is 0.776. The number of aryl methyl sites for hydroxylation is 1. The van der Waals surface area contributed by atoms with E-state index in [1.807, 2.05) is 36.1 Å². The van der Waals surface area contributed by atoms with Gasteiger partial charge in [-0.1, -0.05) is 36.4 Å². The maximum Gasteiger partial charge on any atom is 0.387 e. The fourth-order valence-corrected chi connectivity index (χ4v) is 3.27. The van der Waals surface area contributed by atoms with Crippen molar-refractivity contribution in [2.75, 3.05) is 26.2 Å². The third-order valence-corrected chi connectivity index (χ3v) is 4.88. The molecule has 0 saturated carbocycles. The summed E-state index contributed by atoms with van der Waals surface area (Å²) >= 11 is 0. The Morgan fingerprint density at radius 1 is 1.04 bits per heavy atom. The van der Waals surface area contributed by atoms with Gasteiger partial charge in [0.25, 0.3) is 0 Å². The molecular formula is C21H24F2N2O2. The first kappa shape index (κ1) is 19.3. The zero-order valence-corrected chi connectivity index (χ0v) is 15.4. The van der Waals surface area contributed by atoms with Crippen molar-refractivity contribution in [2.24, 2.45) is 0 Å². The molecule has 1 saturated heterocycles. The molecule has 0 aromatic heterocycles. The summed E-state index contributed by atoms with van der Waals surface area (Å²) in [5, 5.41) is 0. The van der Waals surface area contributed by atoms with Crippen LogP contribution in [0.3, 0.4) is 0 Å². The first-order chi connectivity index (χ1) is 13.0. The van der Waals surface area contributed by atoms with Crippen molar-refractivity contribution < 1.29 is 18.3 Å². The van der Waals surface area contributed by atoms with Crippen LogP contribution in [-0.2, 0) is 17.8 Å². The summed E-state index contributed by atoms with van der Waals surface area (Å²) in [5.41, 5.74) is 3.26. The number of hydrogen-bond acceptors (Lipinski definition) is 3. The van der Waals surface area contributed by atoms with Gasteiger partial charge in [-0.15, -0.1) is 0 Å². The third-order valence-electron chi connectivity index (χ3n) is 4.88. The molecule has 1 amide bonds. The molecule has 27 heavy (non-hydrogen) atoms. The highest BCUT2D eigenvalue weighted by molar-refractivity contribution is 5.79. The first-order valence-corrected chi connectivity index (χ1v) is 9.09. The van der Waals surface area contributed by atoms with E-state index in [1.54, 1.807) is 24.3 Å². The Bertz CT molecular complexity index is 757. The predicted octanol–water partition coefficient (Wildman–Crippen LogP) is 3.48. The molecule has 3 rings (SSSR count). The maximum absolute atomic E-state index is 12.5. The van der Waals surface area contributed by atoms with E-state index in [0.717, 1.165) is 36.3 Å². The number of halogens is 2. The van der Waals surface area contributed by atoms with Gasteiger partial charge in [-0.05, 0) is 35.7 Å². The van der Waals surface area contributed by atoms with Crippen LogP contribution in [0, 0.1) is 6.92 Å². The van der Waals surface area contributed by atoms with Crippen molar-refractivity contribution in [2.45, 2.75) is 26.5 Å². The largest absolute Gasteiger partial charge is 0.435 e. The van der Waals surface area contributed by atoms with Crippen molar-refractivity contribution in [3.05, 3.63) is 65.2 Å². The van der Waals surface area contributed by atoms with Gasteiger partial charge in [0.2, 0.25) is 5.91 Å². The molecule has 0 unspecified atom stereocenters. The van der Waals surface area contributed by atoms with E-state index in [0.29, 0.717) is 19.5 Å². The second kappa shape index (κ2) is 8.95. The Morgan fingerprint density at radius 3 is 2.33 bits per heavy atom. The third kappa shape index (κ3) is 5.50. The summed E-state index contributed by atoms with van der Waals surface area (Å²) in [6.07, 6.45) is 0.443. The van der Waals surface area contributed by atoms with E-state index in [2.05, 4.69) is 9.64 Å². The van der Waals surface area contributed by atoms with Crippen LogP contribution in [0.5, 0.6) is 5.75 Å². The van der Waals surface area contributed by atoms with Crippen LogP contribution in [0.25, 0.3) is 0 Å². The van der Waals surface area contributed by atoms with E-state index >= 15 is 0 Å². The number of hydrogen-bond donors (Lipinski definition) is 0. The topological polar surface area (TPSA) is 32.8 Å². The second-order valence-corrected chi connectivity index (χ2v) is 6.78. The molecule has 0 aliphatic carbocycles. The zero-order chi connectivity index (χ0) is 19.2. The number of carbonyl (C=O) groups is 1. The van der Waals surface area contributed by atoms with Crippen LogP contribution in [-0.4, -0.2) is 48.5 Å². The maximum atomic E-state index is 12.5. The molecule has 2 aromatic carbocycles. The molecule has 1 heterocycles. The molecule has 0 spiro atoms. The molecule has 4 nitrogen and oxygen atoms in total. The first-order valence-electron chi connectivity index (χ1n) is 9.09. The smallest absolute Gasteiger partial charge is 0.387 e. The van der Waals surface area contributed by atoms with Crippen LogP contribution in [0.2, 0.25) is 0 Å². The summed E-state index contributed by atoms with van der Waals surface area (Å²) in [6, 6.07) is 14.7. The molecule has 0 N–H and O–H groups in total. The Kier molecular flexibility index (Phi) is 6.40. The van der Waals surface area contributed by atoms with Gasteiger partial charge in [-0.2, -0.15) is 8.78 Å². The number of nitrogens with zero attached hydrogens (tertiary/aromatic N) is 2. The number of ether oxygens (including phenoxy) is 1. The van der Waals surface area contributed by atoms with Crippen molar-refractivity contribution in [1.29, 1.82) is 0 Å². The lowest BCUT2D eigenvalue weighted by Crippen LogP contribution is -2.48. The molecule has 1 fully saturated rings. The van der Waals surface area contributed by atoms with Crippen molar-refractivity contribution >= 4 is 5.91 Å². The molecule has 144 valence electrons. The minimum Gasteiger partial charge on any atom is -0.435 e. The van der Waals surface area contributed by atoms with Crippen molar-refractivity contribution in [1.82, 2.24) is 9.80 Å². The molecular weight excluding hydrogens is 350 g/mol. The number of carbonyl (C=O) groups excluding carboxylic acids is 1. The number of benzene rings is 2. The van der Waals surface area contributed by atoms with Gasteiger partial charge in [0.15, 0.2) is 0 Å². The normalized spacial score (nSPS) is 15.2. The number of piperazine rings is 1. The van der Waals surface area contributed by atoms with E-state index < -0.39 is 6.61 Å². The highest BCUT2D eigenvalue weighted by Crippen LogP contribution is 2.17. The summed E-state index contributed by atoms with van der Waals surface area (Å²) in [4.78, 5) is 16.7. The van der Waals surface area contributed by atoms with E-state index in [-0.39, 0.29) is 11.7 Å². The number of amides is 1. The minimum absolute atomic E-state index is 0.164. The van der Waals surface area contributed by atoms with E-state index in [1.165, 1.54) is 0 Å². The van der Waals surface area contributed by atoms with Crippen LogP contribution >= 0.6 is 0 Å². The Labute approximate surface area is 158 Å². The van der Waals surface area contributed by atoms with Crippen LogP contribution < -0.4 is 4.74 Å². The average Bonchev–Trinajstić information content (AvgIpc) is 2.65. The molecule has 1 aliphatic rings. The van der Waals surface area contributed by atoms with Gasteiger partial charge in [0.1, 0.15) is 5.75 Å². The summed E-state index contributed by atoms with van der Waals surface area (Å²) in [5.74, 6) is 0.331. The van der Waals surface area contributed by atoms with Crippen molar-refractivity contribution in [3.8, 4) is 5.75 Å². The average molecular weight is 374 g/mol. The predicted molar refractivity (Wildman–Crippen MR) is 99.8 cm³/mol. The highest BCUT2D eigenvalue weighted by Gasteiger charge is 2.21. The second-order valence-electron chi connectivity index (χ2n) is 6.78. The SMILES string of the molecule is Cc1ccccc1CC(=O)N1CCN(Cc2ccc(OC(F)F)cc2)CC1. The highest BCUT2D eigenvalue weighted by atomic mass is 19.3. The fraction of sp³-hybridized carbons (Fsp3) is 0.381. The molecule has 0 bridgehead atoms. The van der Waals surface area contributed by atoms with Crippen LogP contribution in [0.15, 0.2) is 48.5 Å². The van der Waals surface area contributed by atoms with Gasteiger partial charge in [0.05, 0.1) is 6.42 Å². The summed E-state index contributed by atoms with van der Waals surface area (Å²) < 4.78 is 28.8. The Balaban J connectivity index is 1.47. The van der Waals surface area contributed by atoms with E-state index in [9.17, 15) is 13.6 Å².